The van der Waals surface area contributed by atoms with E-state index in [0.29, 0.717) is 6.61 Å². The molecule has 0 aromatic carbocycles. The van der Waals surface area contributed by atoms with E-state index in [0.717, 1.165) is 32.2 Å². The number of rotatable bonds is 4. The predicted molar refractivity (Wildman–Crippen MR) is 53.1 cm³/mol. The van der Waals surface area contributed by atoms with E-state index in [9.17, 15) is 4.79 Å². The third-order valence-corrected chi connectivity index (χ3v) is 2.57. The number of carbonyl (C=O) groups is 1. The number of aliphatic hydroxyl groups is 1. The lowest BCUT2D eigenvalue weighted by Gasteiger charge is -2.23. The summed E-state index contributed by atoms with van der Waals surface area (Å²) in [6.45, 7) is 3.25. The van der Waals surface area contributed by atoms with Gasteiger partial charge in [-0.05, 0) is 32.6 Å². The maximum absolute atomic E-state index is 11.5. The molecule has 0 aliphatic carbocycles. The van der Waals surface area contributed by atoms with Crippen LogP contribution in [0.25, 0.3) is 0 Å². The van der Waals surface area contributed by atoms with Gasteiger partial charge in [-0.25, -0.2) is 4.79 Å². The minimum absolute atomic E-state index is 0.201. The highest BCUT2D eigenvalue weighted by molar-refractivity contribution is 5.68. The number of carbonyl (C=O) groups excluding carboxylic acids is 1. The first-order chi connectivity index (χ1) is 6.79. The third kappa shape index (κ3) is 2.87. The quantitative estimate of drug-likeness (QED) is 0.747. The lowest BCUT2D eigenvalue weighted by atomic mass is 10.1. The fourth-order valence-electron chi connectivity index (χ4n) is 1.91. The highest BCUT2D eigenvalue weighted by atomic mass is 16.6. The van der Waals surface area contributed by atoms with Gasteiger partial charge in [0.2, 0.25) is 0 Å². The molecule has 0 radical (unpaired) electrons. The lowest BCUT2D eigenvalue weighted by molar-refractivity contribution is 0.0997. The fourth-order valence-corrected chi connectivity index (χ4v) is 1.91. The standard InChI is InChI=1S/C10H19NO3/c1-2-14-10(13)11-7-3-5-9(11)6-4-8-12/h9,12H,2-8H2,1H3/t9-/m0/s1. The van der Waals surface area contributed by atoms with Crippen LogP contribution >= 0.6 is 0 Å². The maximum atomic E-state index is 11.5. The Kier molecular flexibility index (Phi) is 4.73. The molecule has 1 aliphatic heterocycles. The number of hydrogen-bond donors (Lipinski definition) is 1. The summed E-state index contributed by atoms with van der Waals surface area (Å²) in [5, 5.41) is 8.72. The van der Waals surface area contributed by atoms with Gasteiger partial charge in [0.1, 0.15) is 0 Å². The molecule has 0 aromatic heterocycles. The Bertz CT molecular complexity index is 184. The van der Waals surface area contributed by atoms with Gasteiger partial charge in [-0.15, -0.1) is 0 Å². The van der Waals surface area contributed by atoms with Gasteiger partial charge in [0.25, 0.3) is 0 Å². The monoisotopic (exact) mass is 201 g/mol. The van der Waals surface area contributed by atoms with Crippen LogP contribution in [0.2, 0.25) is 0 Å². The van der Waals surface area contributed by atoms with Gasteiger partial charge in [-0.2, -0.15) is 0 Å². The molecule has 0 unspecified atom stereocenters. The topological polar surface area (TPSA) is 49.8 Å². The van der Waals surface area contributed by atoms with Crippen molar-refractivity contribution >= 4 is 6.09 Å². The molecule has 0 aromatic rings. The Labute approximate surface area is 84.8 Å². The zero-order valence-electron chi connectivity index (χ0n) is 8.74. The van der Waals surface area contributed by atoms with Crippen LogP contribution in [0.5, 0.6) is 0 Å². The summed E-state index contributed by atoms with van der Waals surface area (Å²) in [4.78, 5) is 13.3. The molecular weight excluding hydrogens is 182 g/mol. The molecule has 1 rings (SSSR count). The van der Waals surface area contributed by atoms with Gasteiger partial charge >= 0.3 is 6.09 Å². The minimum Gasteiger partial charge on any atom is -0.450 e. The Morgan fingerprint density at radius 1 is 1.64 bits per heavy atom. The van der Waals surface area contributed by atoms with Crippen LogP contribution in [-0.4, -0.2) is 41.9 Å². The Balaban J connectivity index is 2.38. The average Bonchev–Trinajstić information content (AvgIpc) is 2.63. The molecule has 0 bridgehead atoms. The van der Waals surface area contributed by atoms with Crippen LogP contribution in [0, 0.1) is 0 Å². The van der Waals surface area contributed by atoms with Crippen LogP contribution in [0.15, 0.2) is 0 Å². The zero-order valence-corrected chi connectivity index (χ0v) is 8.74. The molecule has 1 N–H and O–H groups in total. The molecule has 4 nitrogen and oxygen atoms in total. The first-order valence-corrected chi connectivity index (χ1v) is 5.33. The zero-order chi connectivity index (χ0) is 10.4. The van der Waals surface area contributed by atoms with Gasteiger partial charge in [0.15, 0.2) is 0 Å². The van der Waals surface area contributed by atoms with Gasteiger partial charge in [-0.1, -0.05) is 0 Å². The van der Waals surface area contributed by atoms with E-state index < -0.39 is 0 Å². The molecule has 1 heterocycles. The second-order valence-electron chi connectivity index (χ2n) is 3.55. The van der Waals surface area contributed by atoms with Crippen molar-refractivity contribution in [2.45, 2.75) is 38.6 Å². The summed E-state index contributed by atoms with van der Waals surface area (Å²) in [6, 6.07) is 0.279. The van der Waals surface area contributed by atoms with Gasteiger partial charge in [-0.3, -0.25) is 0 Å². The van der Waals surface area contributed by atoms with E-state index in [1.165, 1.54) is 0 Å². The third-order valence-electron chi connectivity index (χ3n) is 2.57. The molecule has 0 saturated carbocycles. The van der Waals surface area contributed by atoms with Gasteiger partial charge < -0.3 is 14.7 Å². The molecular formula is C10H19NO3. The summed E-state index contributed by atoms with van der Waals surface area (Å²) in [7, 11) is 0. The highest BCUT2D eigenvalue weighted by Gasteiger charge is 2.28. The second kappa shape index (κ2) is 5.86. The largest absolute Gasteiger partial charge is 0.450 e. The fraction of sp³-hybridized carbons (Fsp3) is 0.900. The number of hydrogen-bond acceptors (Lipinski definition) is 3. The number of aliphatic hydroxyl groups excluding tert-OH is 1. The van der Waals surface area contributed by atoms with E-state index in [4.69, 9.17) is 9.84 Å². The van der Waals surface area contributed by atoms with E-state index >= 15 is 0 Å². The molecule has 1 atom stereocenters. The van der Waals surface area contributed by atoms with Crippen molar-refractivity contribution in [3.8, 4) is 0 Å². The Morgan fingerprint density at radius 3 is 3.07 bits per heavy atom. The maximum Gasteiger partial charge on any atom is 0.409 e. The van der Waals surface area contributed by atoms with E-state index in [-0.39, 0.29) is 18.7 Å². The first-order valence-electron chi connectivity index (χ1n) is 5.33. The summed E-state index contributed by atoms with van der Waals surface area (Å²) < 4.78 is 4.96. The second-order valence-corrected chi connectivity index (χ2v) is 3.55. The number of likely N-dealkylation sites (tertiary alicyclic amines) is 1. The lowest BCUT2D eigenvalue weighted by Crippen LogP contribution is -2.36. The SMILES string of the molecule is CCOC(=O)N1CCC[C@H]1CCCO. The molecule has 1 aliphatic rings. The minimum atomic E-state index is -0.201. The molecule has 1 fully saturated rings. The van der Waals surface area contributed by atoms with Gasteiger partial charge in [0, 0.05) is 19.2 Å². The van der Waals surface area contributed by atoms with Crippen molar-refractivity contribution in [3.63, 3.8) is 0 Å². The summed E-state index contributed by atoms with van der Waals surface area (Å²) in [6.07, 6.45) is 3.54. The molecule has 1 amide bonds. The summed E-state index contributed by atoms with van der Waals surface area (Å²) in [5.74, 6) is 0. The van der Waals surface area contributed by atoms with Crippen molar-refractivity contribution in [2.24, 2.45) is 0 Å². The average molecular weight is 201 g/mol. The summed E-state index contributed by atoms with van der Waals surface area (Å²) in [5.41, 5.74) is 0. The summed E-state index contributed by atoms with van der Waals surface area (Å²) >= 11 is 0. The normalized spacial score (nSPS) is 21.3. The van der Waals surface area contributed by atoms with Crippen molar-refractivity contribution in [1.82, 2.24) is 4.90 Å². The Hall–Kier alpha value is -0.770. The highest BCUT2D eigenvalue weighted by Crippen LogP contribution is 2.21. The first kappa shape index (κ1) is 11.3. The van der Waals surface area contributed by atoms with Gasteiger partial charge in [0.05, 0.1) is 6.61 Å². The van der Waals surface area contributed by atoms with E-state index in [2.05, 4.69) is 0 Å². The van der Waals surface area contributed by atoms with Crippen molar-refractivity contribution in [3.05, 3.63) is 0 Å². The smallest absolute Gasteiger partial charge is 0.409 e. The number of ether oxygens (including phenoxy) is 1. The molecule has 82 valence electrons. The van der Waals surface area contributed by atoms with Crippen LogP contribution in [0.4, 0.5) is 4.79 Å². The van der Waals surface area contributed by atoms with Crippen LogP contribution < -0.4 is 0 Å². The van der Waals surface area contributed by atoms with Crippen LogP contribution in [0.1, 0.15) is 32.6 Å². The molecule has 0 spiro atoms. The molecule has 14 heavy (non-hydrogen) atoms. The number of amides is 1. The van der Waals surface area contributed by atoms with Crippen molar-refractivity contribution < 1.29 is 14.6 Å². The Morgan fingerprint density at radius 2 is 2.43 bits per heavy atom. The predicted octanol–water partition coefficient (Wildman–Crippen LogP) is 1.38. The van der Waals surface area contributed by atoms with Crippen molar-refractivity contribution in [2.75, 3.05) is 19.8 Å². The molecule has 4 heteroatoms. The van der Waals surface area contributed by atoms with E-state index in [1.54, 1.807) is 4.90 Å². The number of nitrogens with zero attached hydrogens (tertiary/aromatic N) is 1. The van der Waals surface area contributed by atoms with E-state index in [1.807, 2.05) is 6.92 Å². The van der Waals surface area contributed by atoms with Crippen molar-refractivity contribution in [1.29, 1.82) is 0 Å². The van der Waals surface area contributed by atoms with Crippen LogP contribution in [-0.2, 0) is 4.74 Å². The van der Waals surface area contributed by atoms with Crippen LogP contribution in [0.3, 0.4) is 0 Å². The molecule has 1 saturated heterocycles.